The van der Waals surface area contributed by atoms with Gasteiger partial charge in [-0.2, -0.15) is 0 Å². The zero-order chi connectivity index (χ0) is 32.3. The number of rotatable bonds is 2. The van der Waals surface area contributed by atoms with Crippen molar-refractivity contribution in [2.24, 2.45) is 0 Å². The van der Waals surface area contributed by atoms with Gasteiger partial charge in [-0.1, -0.05) is 99.6 Å². The molecular weight excluding hydrogens is 587 g/mol. The first-order valence-electron chi connectivity index (χ1n) is 16.7. The van der Waals surface area contributed by atoms with Crippen LogP contribution in [0.3, 0.4) is 0 Å². The molecule has 4 heterocycles. The van der Waals surface area contributed by atoms with E-state index in [-0.39, 0.29) is 12.3 Å². The summed E-state index contributed by atoms with van der Waals surface area (Å²) in [6.45, 7) is 8.87. The van der Waals surface area contributed by atoms with Crippen molar-refractivity contribution in [1.82, 2.24) is 0 Å². The Hall–Kier alpha value is -5.68. The Kier molecular flexibility index (Phi) is 5.53. The summed E-state index contributed by atoms with van der Waals surface area (Å²) in [5, 5.41) is 1.10. The van der Waals surface area contributed by atoms with E-state index in [0.717, 1.165) is 50.9 Å². The molecule has 0 unspecified atom stereocenters. The van der Waals surface area contributed by atoms with E-state index in [1.165, 1.54) is 44.5 Å². The number of ether oxygens (including phenoxy) is 1. The molecule has 0 bridgehead atoms. The fourth-order valence-electron chi connectivity index (χ4n) is 8.06. The number of nitrogens with zero attached hydrogens (tertiary/aromatic N) is 2. The zero-order valence-corrected chi connectivity index (χ0v) is 27.4. The largest absolute Gasteiger partial charge is 0.466 e. The number of aryl methyl sites for hydroxylation is 1. The lowest BCUT2D eigenvalue weighted by Crippen LogP contribution is -2.61. The second-order valence-corrected chi connectivity index (χ2v) is 14.2. The van der Waals surface area contributed by atoms with Gasteiger partial charge in [-0.3, -0.25) is 0 Å². The Morgan fingerprint density at radius 1 is 0.604 bits per heavy atom. The van der Waals surface area contributed by atoms with Crippen LogP contribution in [0, 0.1) is 6.92 Å². The third-order valence-electron chi connectivity index (χ3n) is 10.2. The topological polar surface area (TPSA) is 28.9 Å². The monoisotopic (exact) mass is 620 g/mol. The van der Waals surface area contributed by atoms with Crippen LogP contribution < -0.4 is 25.6 Å². The summed E-state index contributed by atoms with van der Waals surface area (Å²) < 4.78 is 13.6. The first-order chi connectivity index (χ1) is 23.4. The molecular formula is C43H33BN2O2. The van der Waals surface area contributed by atoms with Crippen molar-refractivity contribution in [3.8, 4) is 33.8 Å². The van der Waals surface area contributed by atoms with Gasteiger partial charge in [0.25, 0.3) is 0 Å². The van der Waals surface area contributed by atoms with Crippen LogP contribution in [0.5, 0.6) is 11.5 Å². The molecule has 0 aliphatic carbocycles. The van der Waals surface area contributed by atoms with Crippen LogP contribution in [-0.2, 0) is 5.41 Å². The van der Waals surface area contributed by atoms with Crippen LogP contribution >= 0.6 is 0 Å². The summed E-state index contributed by atoms with van der Waals surface area (Å²) in [5.41, 5.74) is 15.9. The van der Waals surface area contributed by atoms with Crippen molar-refractivity contribution < 1.29 is 9.15 Å². The smallest absolute Gasteiger partial charge is 0.376 e. The Morgan fingerprint density at radius 3 is 2.23 bits per heavy atom. The molecule has 5 heteroatoms. The summed E-state index contributed by atoms with van der Waals surface area (Å²) in [7, 11) is 0. The van der Waals surface area contributed by atoms with Crippen molar-refractivity contribution in [3.05, 3.63) is 139 Å². The van der Waals surface area contributed by atoms with Crippen LogP contribution in [0.15, 0.2) is 132 Å². The van der Waals surface area contributed by atoms with Gasteiger partial charge in [-0.25, -0.2) is 0 Å². The lowest BCUT2D eigenvalue weighted by Gasteiger charge is -2.46. The molecule has 0 radical (unpaired) electrons. The van der Waals surface area contributed by atoms with Gasteiger partial charge in [0.1, 0.15) is 17.0 Å². The highest BCUT2D eigenvalue weighted by Crippen LogP contribution is 2.56. The maximum atomic E-state index is 7.05. The maximum Gasteiger partial charge on any atom is 0.376 e. The minimum absolute atomic E-state index is 0.00378. The lowest BCUT2D eigenvalue weighted by molar-refractivity contribution is 0.478. The average Bonchev–Trinajstić information content (AvgIpc) is 3.48. The molecule has 4 nitrogen and oxygen atoms in total. The highest BCUT2D eigenvalue weighted by atomic mass is 16.5. The van der Waals surface area contributed by atoms with Gasteiger partial charge < -0.3 is 18.9 Å². The molecule has 0 N–H and O–H groups in total. The maximum absolute atomic E-state index is 7.05. The molecule has 6 aromatic carbocycles. The number of benzene rings is 6. The summed E-state index contributed by atoms with van der Waals surface area (Å²) >= 11 is 0. The Bertz CT molecular complexity index is 2460. The third kappa shape index (κ3) is 3.73. The molecule has 230 valence electrons. The number of furan rings is 1. The number of hydrogen-bond donors (Lipinski definition) is 0. The van der Waals surface area contributed by atoms with Gasteiger partial charge in [0.15, 0.2) is 5.75 Å². The van der Waals surface area contributed by atoms with Gasteiger partial charge in [0.2, 0.25) is 0 Å². The van der Waals surface area contributed by atoms with E-state index >= 15 is 0 Å². The molecule has 48 heavy (non-hydrogen) atoms. The predicted octanol–water partition coefficient (Wildman–Crippen LogP) is 10.5. The van der Waals surface area contributed by atoms with Crippen LogP contribution in [0.1, 0.15) is 31.9 Å². The fourth-order valence-corrected chi connectivity index (χ4v) is 8.06. The molecule has 0 fully saturated rings. The first-order valence-corrected chi connectivity index (χ1v) is 16.7. The van der Waals surface area contributed by atoms with Gasteiger partial charge in [-0.15, -0.1) is 0 Å². The second kappa shape index (κ2) is 9.68. The van der Waals surface area contributed by atoms with Crippen LogP contribution in [0.2, 0.25) is 0 Å². The number of hydrogen-bond acceptors (Lipinski definition) is 4. The molecule has 1 aromatic heterocycles. The lowest BCUT2D eigenvalue weighted by atomic mass is 9.45. The zero-order valence-electron chi connectivity index (χ0n) is 27.4. The molecule has 3 aliphatic heterocycles. The highest BCUT2D eigenvalue weighted by Gasteiger charge is 2.51. The van der Waals surface area contributed by atoms with Crippen molar-refractivity contribution in [3.63, 3.8) is 0 Å². The van der Waals surface area contributed by atoms with E-state index in [0.29, 0.717) is 0 Å². The number of anilines is 5. The summed E-state index contributed by atoms with van der Waals surface area (Å²) in [6, 6.07) is 45.8. The average molecular weight is 621 g/mol. The SMILES string of the molecule is Cc1cc2c3c(c1)N(c1ccc(C(C)(C)C)cc1-c1ccccc1)c1c(oc4ccccc14)B3N1c3ccccc3Oc3cccc-2c31. The van der Waals surface area contributed by atoms with Crippen molar-refractivity contribution in [2.45, 2.75) is 33.1 Å². The van der Waals surface area contributed by atoms with Crippen LogP contribution in [-0.4, -0.2) is 6.85 Å². The first kappa shape index (κ1) is 27.4. The molecule has 0 atom stereocenters. The summed E-state index contributed by atoms with van der Waals surface area (Å²) in [5.74, 6) is 1.72. The van der Waals surface area contributed by atoms with Gasteiger partial charge in [0, 0.05) is 22.2 Å². The molecule has 0 saturated carbocycles. The summed E-state index contributed by atoms with van der Waals surface area (Å²) in [6.07, 6.45) is 0. The molecule has 10 rings (SSSR count). The Morgan fingerprint density at radius 2 is 1.38 bits per heavy atom. The standard InChI is InChI=1S/C43H33BN2O2/c1-26-23-32-29-16-12-20-38-40(29)46(34-17-9-11-19-37(34)47-38)44-39(32)35(24-26)45(41-30-15-8-10-18-36(30)48-42(41)44)33-22-21-28(43(2,3)4)25-31(33)27-13-6-5-7-14-27/h5-25H,1-4H3. The van der Waals surface area contributed by atoms with Gasteiger partial charge in [0.05, 0.1) is 22.7 Å². The molecule has 7 aromatic rings. The van der Waals surface area contributed by atoms with E-state index < -0.39 is 0 Å². The van der Waals surface area contributed by atoms with E-state index in [1.807, 2.05) is 6.07 Å². The minimum atomic E-state index is -0.193. The van der Waals surface area contributed by atoms with Crippen molar-refractivity contribution in [2.75, 3.05) is 9.71 Å². The Labute approximate surface area is 280 Å². The number of para-hydroxylation sites is 4. The summed E-state index contributed by atoms with van der Waals surface area (Å²) in [4.78, 5) is 4.95. The number of fused-ring (bicyclic) bond motifs is 8. The molecule has 3 aliphatic rings. The van der Waals surface area contributed by atoms with Crippen LogP contribution in [0.25, 0.3) is 33.2 Å². The van der Waals surface area contributed by atoms with Crippen LogP contribution in [0.4, 0.5) is 28.4 Å². The Balaban J connectivity index is 1.35. The molecule has 0 spiro atoms. The van der Waals surface area contributed by atoms with E-state index in [2.05, 4.69) is 159 Å². The second-order valence-electron chi connectivity index (χ2n) is 14.2. The van der Waals surface area contributed by atoms with Gasteiger partial charge >= 0.3 is 6.85 Å². The fraction of sp³-hybridized carbons (Fsp3) is 0.116. The van der Waals surface area contributed by atoms with Crippen molar-refractivity contribution >= 4 is 57.4 Å². The minimum Gasteiger partial charge on any atom is -0.466 e. The quantitative estimate of drug-likeness (QED) is 0.180. The third-order valence-corrected chi connectivity index (χ3v) is 10.2. The molecule has 0 saturated heterocycles. The van der Waals surface area contributed by atoms with E-state index in [1.54, 1.807) is 0 Å². The normalized spacial score (nSPS) is 13.9. The van der Waals surface area contributed by atoms with Crippen molar-refractivity contribution in [1.29, 1.82) is 0 Å². The van der Waals surface area contributed by atoms with Gasteiger partial charge in [-0.05, 0) is 88.6 Å². The van der Waals surface area contributed by atoms with E-state index in [9.17, 15) is 0 Å². The highest BCUT2D eigenvalue weighted by molar-refractivity contribution is 6.93. The predicted molar refractivity (Wildman–Crippen MR) is 199 cm³/mol. The molecule has 0 amide bonds. The van der Waals surface area contributed by atoms with E-state index in [4.69, 9.17) is 9.15 Å².